The molecule has 7 nitrogen and oxygen atoms in total. The fourth-order valence-corrected chi connectivity index (χ4v) is 3.17. The summed E-state index contributed by atoms with van der Waals surface area (Å²) in [5.74, 6) is -0.895. The van der Waals surface area contributed by atoms with E-state index >= 15 is 0 Å². The Bertz CT molecular complexity index is 631. The summed E-state index contributed by atoms with van der Waals surface area (Å²) in [5.41, 5.74) is 5.16. The summed E-state index contributed by atoms with van der Waals surface area (Å²) in [5, 5.41) is 2.90. The van der Waals surface area contributed by atoms with Gasteiger partial charge in [0.05, 0.1) is 18.2 Å². The maximum Gasteiger partial charge on any atom is 0.333 e. The summed E-state index contributed by atoms with van der Waals surface area (Å²) in [6.07, 6.45) is 2.71. The van der Waals surface area contributed by atoms with Crippen molar-refractivity contribution in [2.45, 2.75) is 92.8 Å². The summed E-state index contributed by atoms with van der Waals surface area (Å²) >= 11 is 0. The highest BCUT2D eigenvalue weighted by atomic mass is 16.5. The number of hydrogen-bond acceptors (Lipinski definition) is 5. The third kappa shape index (κ3) is 7.42. The van der Waals surface area contributed by atoms with Gasteiger partial charge in [0, 0.05) is 12.6 Å². The number of esters is 1. The second-order valence-electron chi connectivity index (χ2n) is 9.39. The Morgan fingerprint density at radius 2 is 1.60 bits per heavy atom. The summed E-state index contributed by atoms with van der Waals surface area (Å²) in [7, 11) is 1.70. The monoisotopic (exact) mass is 425 g/mol. The first-order valence-corrected chi connectivity index (χ1v) is 10.9. The van der Waals surface area contributed by atoms with Crippen LogP contribution in [0.3, 0.4) is 0 Å². The molecule has 2 atom stereocenters. The van der Waals surface area contributed by atoms with Crippen LogP contribution in [0.2, 0.25) is 0 Å². The molecule has 7 heteroatoms. The molecule has 0 saturated carbocycles. The van der Waals surface area contributed by atoms with Crippen molar-refractivity contribution in [2.24, 2.45) is 17.1 Å². The molecule has 0 aliphatic carbocycles. The number of rotatable bonds is 10. The van der Waals surface area contributed by atoms with Gasteiger partial charge in [-0.1, -0.05) is 54.5 Å². The highest BCUT2D eigenvalue weighted by molar-refractivity contribution is 5.93. The molecule has 174 valence electrons. The molecular weight excluding hydrogens is 382 g/mol. The van der Waals surface area contributed by atoms with Crippen molar-refractivity contribution in [1.82, 2.24) is 10.2 Å². The van der Waals surface area contributed by atoms with Crippen LogP contribution in [-0.2, 0) is 19.1 Å². The molecule has 0 unspecified atom stereocenters. The predicted octanol–water partition coefficient (Wildman–Crippen LogP) is 3.03. The summed E-state index contributed by atoms with van der Waals surface area (Å²) in [6, 6.07) is -1.09. The van der Waals surface area contributed by atoms with Crippen molar-refractivity contribution in [3.05, 3.63) is 11.6 Å². The Hall–Kier alpha value is -1.89. The van der Waals surface area contributed by atoms with Crippen molar-refractivity contribution in [1.29, 1.82) is 0 Å². The van der Waals surface area contributed by atoms with E-state index in [9.17, 15) is 14.4 Å². The minimum atomic E-state index is -1.01. The first kappa shape index (κ1) is 28.1. The van der Waals surface area contributed by atoms with Crippen LogP contribution in [0.25, 0.3) is 0 Å². The van der Waals surface area contributed by atoms with Gasteiger partial charge >= 0.3 is 5.97 Å². The van der Waals surface area contributed by atoms with Gasteiger partial charge in [-0.2, -0.15) is 0 Å². The van der Waals surface area contributed by atoms with Crippen LogP contribution in [0.1, 0.15) is 75.2 Å². The molecule has 0 aromatic carbocycles. The van der Waals surface area contributed by atoms with Gasteiger partial charge in [0.2, 0.25) is 11.8 Å². The van der Waals surface area contributed by atoms with E-state index in [1.54, 1.807) is 31.9 Å². The Kier molecular flexibility index (Phi) is 10.8. The second-order valence-corrected chi connectivity index (χ2v) is 9.39. The maximum atomic E-state index is 13.5. The van der Waals surface area contributed by atoms with Gasteiger partial charge in [0.25, 0.3) is 0 Å². The fraction of sp³-hybridized carbons (Fsp3) is 0.783. The SMILES string of the molecule is CCOC(=O)C(C)=C[C@H](C(C)C)N(C)C(=O)[C@@H](NC(=O)C(N)(CC)CC)C(C)(C)C. The normalized spacial score (nSPS) is 14.9. The third-order valence-electron chi connectivity index (χ3n) is 5.60. The lowest BCUT2D eigenvalue weighted by molar-refractivity contribution is -0.141. The van der Waals surface area contributed by atoms with Crippen molar-refractivity contribution in [3.8, 4) is 0 Å². The van der Waals surface area contributed by atoms with E-state index in [1.807, 2.05) is 48.5 Å². The van der Waals surface area contributed by atoms with Crippen molar-refractivity contribution in [3.63, 3.8) is 0 Å². The van der Waals surface area contributed by atoms with E-state index in [0.29, 0.717) is 25.0 Å². The minimum absolute atomic E-state index is 0.0551. The smallest absolute Gasteiger partial charge is 0.333 e. The van der Waals surface area contributed by atoms with Crippen LogP contribution in [0.15, 0.2) is 11.6 Å². The summed E-state index contributed by atoms with van der Waals surface area (Å²) in [6.45, 7) is 17.1. The number of ether oxygens (including phenoxy) is 1. The zero-order valence-corrected chi connectivity index (χ0v) is 20.6. The molecule has 2 amide bonds. The second kappa shape index (κ2) is 11.5. The summed E-state index contributed by atoms with van der Waals surface area (Å²) in [4.78, 5) is 40.0. The molecule has 0 rings (SSSR count). The number of nitrogens with zero attached hydrogens (tertiary/aromatic N) is 1. The van der Waals surface area contributed by atoms with Crippen molar-refractivity contribution in [2.75, 3.05) is 13.7 Å². The first-order chi connectivity index (χ1) is 13.7. The molecule has 30 heavy (non-hydrogen) atoms. The van der Waals surface area contributed by atoms with Gasteiger partial charge in [0.1, 0.15) is 6.04 Å². The standard InChI is InChI=1S/C23H43N3O4/c1-11-23(24,12-2)21(29)25-18(22(7,8)9)19(27)26(10)17(15(4)5)14-16(6)20(28)30-13-3/h14-15,17-18H,11-13,24H2,1-10H3,(H,25,29)/t17-,18-/m1/s1. The van der Waals surface area contributed by atoms with Crippen molar-refractivity contribution < 1.29 is 19.1 Å². The minimum Gasteiger partial charge on any atom is -0.463 e. The number of likely N-dealkylation sites (N-methyl/N-ethyl adjacent to an activating group) is 1. The molecule has 0 aromatic rings. The van der Waals surface area contributed by atoms with E-state index in [-0.39, 0.29) is 23.8 Å². The van der Waals surface area contributed by atoms with Crippen molar-refractivity contribution >= 4 is 17.8 Å². The predicted molar refractivity (Wildman–Crippen MR) is 121 cm³/mol. The topological polar surface area (TPSA) is 102 Å². The van der Waals surface area contributed by atoms with E-state index < -0.39 is 23.0 Å². The first-order valence-electron chi connectivity index (χ1n) is 10.9. The molecule has 0 spiro atoms. The van der Waals surface area contributed by atoms with Gasteiger partial charge in [-0.25, -0.2) is 4.79 Å². The molecule has 0 radical (unpaired) electrons. The van der Waals surface area contributed by atoms with E-state index in [2.05, 4.69) is 5.32 Å². The summed E-state index contributed by atoms with van der Waals surface area (Å²) < 4.78 is 5.06. The zero-order valence-electron chi connectivity index (χ0n) is 20.6. The molecular formula is C23H43N3O4. The van der Waals surface area contributed by atoms with Crippen LogP contribution in [-0.4, -0.2) is 54.0 Å². The Labute approximate surface area is 182 Å². The molecule has 0 saturated heterocycles. The molecule has 0 bridgehead atoms. The van der Waals surface area contributed by atoms with Gasteiger partial charge in [-0.15, -0.1) is 0 Å². The lowest BCUT2D eigenvalue weighted by Gasteiger charge is -2.39. The molecule has 3 N–H and O–H groups in total. The number of amides is 2. The number of nitrogens with one attached hydrogen (secondary N) is 1. The van der Waals surface area contributed by atoms with Gasteiger partial charge in [-0.05, 0) is 38.0 Å². The highest BCUT2D eigenvalue weighted by Crippen LogP contribution is 2.25. The number of nitrogens with two attached hydrogens (primary N) is 1. The molecule has 0 fully saturated rings. The number of carbonyl (C=O) groups excluding carboxylic acids is 3. The lowest BCUT2D eigenvalue weighted by Crippen LogP contribution is -2.62. The van der Waals surface area contributed by atoms with E-state index in [4.69, 9.17) is 10.5 Å². The number of hydrogen-bond donors (Lipinski definition) is 2. The van der Waals surface area contributed by atoms with E-state index in [1.165, 1.54) is 0 Å². The molecule has 0 aliphatic rings. The van der Waals surface area contributed by atoms with Gasteiger partial charge < -0.3 is 20.7 Å². The Morgan fingerprint density at radius 1 is 1.10 bits per heavy atom. The Balaban J connectivity index is 5.89. The van der Waals surface area contributed by atoms with Crippen LogP contribution >= 0.6 is 0 Å². The quantitative estimate of drug-likeness (QED) is 0.414. The fourth-order valence-electron chi connectivity index (χ4n) is 3.17. The van der Waals surface area contributed by atoms with Gasteiger partial charge in [0.15, 0.2) is 0 Å². The highest BCUT2D eigenvalue weighted by Gasteiger charge is 2.40. The number of carbonyl (C=O) groups is 3. The molecule has 0 heterocycles. The largest absolute Gasteiger partial charge is 0.463 e. The van der Waals surface area contributed by atoms with Crippen LogP contribution in [0.4, 0.5) is 0 Å². The van der Waals surface area contributed by atoms with Crippen LogP contribution in [0, 0.1) is 11.3 Å². The van der Waals surface area contributed by atoms with Gasteiger partial charge in [-0.3, -0.25) is 9.59 Å². The Morgan fingerprint density at radius 3 is 1.97 bits per heavy atom. The average Bonchev–Trinajstić information content (AvgIpc) is 2.66. The zero-order chi connectivity index (χ0) is 23.9. The maximum absolute atomic E-state index is 13.5. The van der Waals surface area contributed by atoms with Crippen LogP contribution in [0.5, 0.6) is 0 Å². The average molecular weight is 426 g/mol. The van der Waals surface area contributed by atoms with E-state index in [0.717, 1.165) is 0 Å². The lowest BCUT2D eigenvalue weighted by atomic mass is 9.83. The molecule has 0 aromatic heterocycles. The third-order valence-corrected chi connectivity index (χ3v) is 5.60. The molecule has 0 aliphatic heterocycles. The van der Waals surface area contributed by atoms with Crippen LogP contribution < -0.4 is 11.1 Å².